The average molecular weight is 272 g/mol. The molecule has 1 rings (SSSR count). The van der Waals surface area contributed by atoms with Crippen molar-refractivity contribution in [1.29, 1.82) is 0 Å². The Morgan fingerprint density at radius 1 is 1.38 bits per heavy atom. The zero-order valence-corrected chi connectivity index (χ0v) is 9.25. The molecule has 0 atom stereocenters. The minimum atomic E-state index is -4.46. The molecule has 0 aliphatic rings. The van der Waals surface area contributed by atoms with Crippen LogP contribution in [0.15, 0.2) is 18.2 Å². The highest BCUT2D eigenvalue weighted by molar-refractivity contribution is 6.34. The van der Waals surface area contributed by atoms with Crippen LogP contribution < -0.4 is 5.32 Å². The SMILES string of the molecule is O=C(CCl)Nc1ccc(C(F)(F)F)cc1Cl. The topological polar surface area (TPSA) is 29.1 Å². The number of carbonyl (C=O) groups is 1. The zero-order valence-electron chi connectivity index (χ0n) is 7.74. The normalized spacial score (nSPS) is 11.3. The number of carbonyl (C=O) groups excluding carboxylic acids is 1. The number of hydrogen-bond acceptors (Lipinski definition) is 1. The Hall–Kier alpha value is -0.940. The van der Waals surface area contributed by atoms with E-state index in [0.29, 0.717) is 0 Å². The first-order valence-corrected chi connectivity index (χ1v) is 4.98. The van der Waals surface area contributed by atoms with Crippen LogP contribution in [0.1, 0.15) is 5.56 Å². The molecule has 0 spiro atoms. The number of anilines is 1. The van der Waals surface area contributed by atoms with Crippen LogP contribution in [0, 0.1) is 0 Å². The molecule has 2 nitrogen and oxygen atoms in total. The van der Waals surface area contributed by atoms with Gasteiger partial charge in [-0.3, -0.25) is 4.79 Å². The first kappa shape index (κ1) is 13.1. The Bertz CT molecular complexity index is 406. The van der Waals surface area contributed by atoms with Crippen molar-refractivity contribution in [2.45, 2.75) is 6.18 Å². The molecule has 1 aromatic carbocycles. The smallest absolute Gasteiger partial charge is 0.324 e. The molecular weight excluding hydrogens is 266 g/mol. The molecule has 0 saturated heterocycles. The summed E-state index contributed by atoms with van der Waals surface area (Å²) in [5.41, 5.74) is -0.776. The largest absolute Gasteiger partial charge is 0.416 e. The molecule has 0 aliphatic heterocycles. The van der Waals surface area contributed by atoms with E-state index in [-0.39, 0.29) is 16.6 Å². The van der Waals surface area contributed by atoms with Gasteiger partial charge in [-0.25, -0.2) is 0 Å². The predicted octanol–water partition coefficient (Wildman–Crippen LogP) is 3.54. The van der Waals surface area contributed by atoms with Crippen molar-refractivity contribution in [3.8, 4) is 0 Å². The average Bonchev–Trinajstić information content (AvgIpc) is 2.19. The summed E-state index contributed by atoms with van der Waals surface area (Å²) in [7, 11) is 0. The summed E-state index contributed by atoms with van der Waals surface area (Å²) in [6.45, 7) is 0. The standard InChI is InChI=1S/C9H6Cl2F3NO/c10-4-8(16)15-7-2-1-5(3-6(7)11)9(12,13)14/h1-3H,4H2,(H,15,16). The van der Waals surface area contributed by atoms with E-state index in [1.807, 2.05) is 0 Å². The van der Waals surface area contributed by atoms with Gasteiger partial charge in [-0.15, -0.1) is 11.6 Å². The van der Waals surface area contributed by atoms with E-state index in [2.05, 4.69) is 5.32 Å². The van der Waals surface area contributed by atoms with E-state index < -0.39 is 17.6 Å². The number of nitrogens with one attached hydrogen (secondary N) is 1. The van der Waals surface area contributed by atoms with Gasteiger partial charge in [-0.2, -0.15) is 13.2 Å². The molecule has 1 amide bonds. The van der Waals surface area contributed by atoms with E-state index in [9.17, 15) is 18.0 Å². The first-order valence-electron chi connectivity index (χ1n) is 4.07. The van der Waals surface area contributed by atoms with Crippen molar-refractivity contribution in [2.24, 2.45) is 0 Å². The van der Waals surface area contributed by atoms with Crippen molar-refractivity contribution in [3.05, 3.63) is 28.8 Å². The van der Waals surface area contributed by atoms with Crippen LogP contribution in [-0.2, 0) is 11.0 Å². The van der Waals surface area contributed by atoms with Crippen molar-refractivity contribution in [3.63, 3.8) is 0 Å². The maximum atomic E-state index is 12.3. The highest BCUT2D eigenvalue weighted by Crippen LogP contribution is 2.33. The molecule has 0 saturated carbocycles. The molecule has 0 bridgehead atoms. The number of hydrogen-bond donors (Lipinski definition) is 1. The summed E-state index contributed by atoms with van der Waals surface area (Å²) in [6.07, 6.45) is -4.46. The molecule has 0 aromatic heterocycles. The number of amides is 1. The number of halogens is 5. The Labute approximate surface area is 99.3 Å². The first-order chi connectivity index (χ1) is 7.34. The van der Waals surface area contributed by atoms with E-state index in [1.165, 1.54) is 0 Å². The monoisotopic (exact) mass is 271 g/mol. The van der Waals surface area contributed by atoms with Crippen LogP contribution in [0.25, 0.3) is 0 Å². The van der Waals surface area contributed by atoms with Gasteiger partial charge in [0.25, 0.3) is 0 Å². The molecule has 0 heterocycles. The maximum Gasteiger partial charge on any atom is 0.416 e. The van der Waals surface area contributed by atoms with Gasteiger partial charge in [0.1, 0.15) is 5.88 Å². The molecule has 88 valence electrons. The Morgan fingerprint density at radius 3 is 2.44 bits per heavy atom. The minimum absolute atomic E-state index is 0.0975. The molecule has 1 aromatic rings. The van der Waals surface area contributed by atoms with Crippen LogP contribution >= 0.6 is 23.2 Å². The fourth-order valence-electron chi connectivity index (χ4n) is 0.976. The molecule has 0 radical (unpaired) electrons. The van der Waals surface area contributed by atoms with Gasteiger partial charge in [0, 0.05) is 0 Å². The summed E-state index contributed by atoms with van der Waals surface area (Å²) < 4.78 is 36.8. The third-order valence-corrected chi connectivity index (χ3v) is 2.25. The van der Waals surface area contributed by atoms with E-state index in [4.69, 9.17) is 23.2 Å². The quantitative estimate of drug-likeness (QED) is 0.820. The minimum Gasteiger partial charge on any atom is -0.324 e. The molecular formula is C9H6Cl2F3NO. The second-order valence-electron chi connectivity index (χ2n) is 2.87. The van der Waals surface area contributed by atoms with Gasteiger partial charge >= 0.3 is 6.18 Å². The van der Waals surface area contributed by atoms with Gasteiger partial charge in [-0.05, 0) is 18.2 Å². The number of rotatable bonds is 2. The Kier molecular flexibility index (Phi) is 4.04. The fourth-order valence-corrected chi connectivity index (χ4v) is 1.27. The van der Waals surface area contributed by atoms with Crippen molar-refractivity contribution in [1.82, 2.24) is 0 Å². The van der Waals surface area contributed by atoms with Crippen LogP contribution in [0.2, 0.25) is 5.02 Å². The maximum absolute atomic E-state index is 12.3. The molecule has 7 heteroatoms. The Balaban J connectivity index is 2.96. The lowest BCUT2D eigenvalue weighted by molar-refractivity contribution is -0.137. The third-order valence-electron chi connectivity index (χ3n) is 1.69. The van der Waals surface area contributed by atoms with Crippen LogP contribution in [0.3, 0.4) is 0 Å². The lowest BCUT2D eigenvalue weighted by Gasteiger charge is -2.10. The predicted molar refractivity (Wildman–Crippen MR) is 55.8 cm³/mol. The third kappa shape index (κ3) is 3.28. The van der Waals surface area contributed by atoms with Crippen molar-refractivity contribution < 1.29 is 18.0 Å². The Morgan fingerprint density at radius 2 is 2.00 bits per heavy atom. The number of alkyl halides is 4. The van der Waals surface area contributed by atoms with Crippen LogP contribution in [0.5, 0.6) is 0 Å². The fraction of sp³-hybridized carbons (Fsp3) is 0.222. The van der Waals surface area contributed by atoms with Gasteiger partial charge in [0.15, 0.2) is 0 Å². The molecule has 0 fully saturated rings. The summed E-state index contributed by atoms with van der Waals surface area (Å²) in [6, 6.07) is 2.65. The molecule has 0 unspecified atom stereocenters. The van der Waals surface area contributed by atoms with Crippen molar-refractivity contribution >= 4 is 34.8 Å². The lowest BCUT2D eigenvalue weighted by Crippen LogP contribution is -2.13. The highest BCUT2D eigenvalue weighted by atomic mass is 35.5. The zero-order chi connectivity index (χ0) is 12.3. The summed E-state index contributed by atoms with van der Waals surface area (Å²) in [5.74, 6) is -0.833. The van der Waals surface area contributed by atoms with E-state index >= 15 is 0 Å². The lowest BCUT2D eigenvalue weighted by atomic mass is 10.2. The van der Waals surface area contributed by atoms with Gasteiger partial charge in [0.05, 0.1) is 16.3 Å². The highest BCUT2D eigenvalue weighted by Gasteiger charge is 2.30. The van der Waals surface area contributed by atoms with E-state index in [1.54, 1.807) is 0 Å². The summed E-state index contributed by atoms with van der Waals surface area (Å²) in [5, 5.41) is 2.08. The van der Waals surface area contributed by atoms with Crippen LogP contribution in [0.4, 0.5) is 18.9 Å². The van der Waals surface area contributed by atoms with E-state index in [0.717, 1.165) is 18.2 Å². The summed E-state index contributed by atoms with van der Waals surface area (Å²) >= 11 is 10.8. The van der Waals surface area contributed by atoms with Gasteiger partial charge in [-0.1, -0.05) is 11.6 Å². The van der Waals surface area contributed by atoms with Crippen molar-refractivity contribution in [2.75, 3.05) is 11.2 Å². The molecule has 16 heavy (non-hydrogen) atoms. The van der Waals surface area contributed by atoms with Crippen LogP contribution in [-0.4, -0.2) is 11.8 Å². The summed E-state index contributed by atoms with van der Waals surface area (Å²) in [4.78, 5) is 10.9. The molecule has 1 N–H and O–H groups in total. The second-order valence-corrected chi connectivity index (χ2v) is 3.55. The second kappa shape index (κ2) is 4.93. The van der Waals surface area contributed by atoms with Gasteiger partial charge < -0.3 is 5.32 Å². The number of benzene rings is 1. The molecule has 0 aliphatic carbocycles. The van der Waals surface area contributed by atoms with Gasteiger partial charge in [0.2, 0.25) is 5.91 Å².